The normalized spacial score (nSPS) is 29.7. The molecule has 0 radical (unpaired) electrons. The van der Waals surface area contributed by atoms with E-state index >= 15 is 0 Å². The fraction of sp³-hybridized carbons (Fsp3) is 0.923. The predicted molar refractivity (Wildman–Crippen MR) is 70.5 cm³/mol. The van der Waals surface area contributed by atoms with Crippen molar-refractivity contribution in [2.75, 3.05) is 32.8 Å². The van der Waals surface area contributed by atoms with Gasteiger partial charge in [0.05, 0.1) is 13.2 Å². The Bertz CT molecular complexity index is 277. The lowest BCUT2D eigenvalue weighted by Gasteiger charge is -2.36. The lowest BCUT2D eigenvalue weighted by atomic mass is 10.1. The Hall–Kier alpha value is -0.650. The van der Waals surface area contributed by atoms with Crippen LogP contribution in [0.15, 0.2) is 0 Å². The van der Waals surface area contributed by atoms with E-state index in [2.05, 4.69) is 15.5 Å². The maximum absolute atomic E-state index is 12.1. The number of hydrogen-bond acceptors (Lipinski definition) is 4. The van der Waals surface area contributed by atoms with Gasteiger partial charge in [-0.1, -0.05) is 0 Å². The zero-order chi connectivity index (χ0) is 13.0. The molecule has 1 amide bonds. The third-order valence-electron chi connectivity index (χ3n) is 3.59. The Labute approximate surface area is 109 Å². The summed E-state index contributed by atoms with van der Waals surface area (Å²) in [4.78, 5) is 14.4. The van der Waals surface area contributed by atoms with Crippen molar-refractivity contribution in [2.24, 2.45) is 0 Å². The number of carbonyl (C=O) groups excluding carboxylic acids is 1. The fourth-order valence-corrected chi connectivity index (χ4v) is 2.67. The van der Waals surface area contributed by atoms with Crippen molar-refractivity contribution in [3.63, 3.8) is 0 Å². The van der Waals surface area contributed by atoms with Crippen LogP contribution in [0.2, 0.25) is 0 Å². The van der Waals surface area contributed by atoms with Gasteiger partial charge in [-0.25, -0.2) is 0 Å². The van der Waals surface area contributed by atoms with E-state index in [9.17, 15) is 4.79 Å². The van der Waals surface area contributed by atoms with Crippen molar-refractivity contribution in [3.8, 4) is 0 Å². The Balaban J connectivity index is 1.90. The first kappa shape index (κ1) is 13.8. The number of morpholine rings is 1. The minimum absolute atomic E-state index is 0.0997. The van der Waals surface area contributed by atoms with Crippen LogP contribution in [0.4, 0.5) is 0 Å². The van der Waals surface area contributed by atoms with E-state index in [0.29, 0.717) is 12.6 Å². The first-order valence-electron chi connectivity index (χ1n) is 7.02. The topological polar surface area (TPSA) is 53.6 Å². The number of nitrogens with one attached hydrogen (secondary N) is 2. The number of ether oxygens (including phenoxy) is 1. The molecular weight excluding hydrogens is 230 g/mol. The molecule has 2 aliphatic heterocycles. The summed E-state index contributed by atoms with van der Waals surface area (Å²) in [6.45, 7) is 8.16. The van der Waals surface area contributed by atoms with E-state index in [1.54, 1.807) is 0 Å². The van der Waals surface area contributed by atoms with E-state index in [1.807, 2.05) is 13.8 Å². The summed E-state index contributed by atoms with van der Waals surface area (Å²) in [5.41, 5.74) is 0. The van der Waals surface area contributed by atoms with Gasteiger partial charge in [-0.2, -0.15) is 0 Å². The molecule has 2 atom stereocenters. The summed E-state index contributed by atoms with van der Waals surface area (Å²) in [5.74, 6) is 0.0997. The van der Waals surface area contributed by atoms with Crippen LogP contribution < -0.4 is 10.6 Å². The molecule has 0 spiro atoms. The second-order valence-electron chi connectivity index (χ2n) is 5.54. The van der Waals surface area contributed by atoms with Crippen LogP contribution in [0.25, 0.3) is 0 Å². The van der Waals surface area contributed by atoms with Crippen LogP contribution in [-0.2, 0) is 9.53 Å². The van der Waals surface area contributed by atoms with Crippen LogP contribution in [0, 0.1) is 0 Å². The Morgan fingerprint density at radius 3 is 3.06 bits per heavy atom. The van der Waals surface area contributed by atoms with Crippen LogP contribution in [0.3, 0.4) is 0 Å². The highest BCUT2D eigenvalue weighted by Crippen LogP contribution is 2.12. The quantitative estimate of drug-likeness (QED) is 0.740. The van der Waals surface area contributed by atoms with Crippen molar-refractivity contribution in [1.29, 1.82) is 0 Å². The lowest BCUT2D eigenvalue weighted by molar-refractivity contribution is -0.133. The molecule has 18 heavy (non-hydrogen) atoms. The second-order valence-corrected chi connectivity index (χ2v) is 5.54. The summed E-state index contributed by atoms with van der Waals surface area (Å²) >= 11 is 0. The monoisotopic (exact) mass is 255 g/mol. The molecule has 2 fully saturated rings. The fourth-order valence-electron chi connectivity index (χ4n) is 2.67. The van der Waals surface area contributed by atoms with Crippen LogP contribution in [-0.4, -0.2) is 61.8 Å². The van der Waals surface area contributed by atoms with Gasteiger partial charge in [-0.05, 0) is 33.2 Å². The molecule has 0 aromatic rings. The molecule has 2 N–H and O–H groups in total. The SMILES string of the molecule is CC(C)NC(=O)C1COCCN1C[C@H]1CCCN1. The molecule has 1 unspecified atom stereocenters. The van der Waals surface area contributed by atoms with Gasteiger partial charge in [0.2, 0.25) is 5.91 Å². The average molecular weight is 255 g/mol. The van der Waals surface area contributed by atoms with E-state index in [-0.39, 0.29) is 18.0 Å². The maximum Gasteiger partial charge on any atom is 0.239 e. The highest BCUT2D eigenvalue weighted by molar-refractivity contribution is 5.82. The number of carbonyl (C=O) groups is 1. The number of amides is 1. The number of hydrogen-bond donors (Lipinski definition) is 2. The van der Waals surface area contributed by atoms with Crippen molar-refractivity contribution >= 4 is 5.91 Å². The van der Waals surface area contributed by atoms with Crippen molar-refractivity contribution in [1.82, 2.24) is 15.5 Å². The van der Waals surface area contributed by atoms with Gasteiger partial charge in [0.1, 0.15) is 6.04 Å². The van der Waals surface area contributed by atoms with Crippen molar-refractivity contribution in [3.05, 3.63) is 0 Å². The Morgan fingerprint density at radius 2 is 2.39 bits per heavy atom. The summed E-state index contributed by atoms with van der Waals surface area (Å²) in [5, 5.41) is 6.48. The lowest BCUT2D eigenvalue weighted by Crippen LogP contribution is -2.57. The molecule has 2 aliphatic rings. The summed E-state index contributed by atoms with van der Waals surface area (Å²) in [6.07, 6.45) is 2.47. The van der Waals surface area contributed by atoms with Gasteiger partial charge in [0, 0.05) is 25.2 Å². The van der Waals surface area contributed by atoms with Crippen LogP contribution in [0.1, 0.15) is 26.7 Å². The average Bonchev–Trinajstić information content (AvgIpc) is 2.81. The molecule has 5 heteroatoms. The first-order valence-corrected chi connectivity index (χ1v) is 7.02. The summed E-state index contributed by atoms with van der Waals surface area (Å²) in [6, 6.07) is 0.604. The minimum Gasteiger partial charge on any atom is -0.378 e. The third-order valence-corrected chi connectivity index (χ3v) is 3.59. The summed E-state index contributed by atoms with van der Waals surface area (Å²) < 4.78 is 5.46. The molecule has 2 heterocycles. The molecule has 0 bridgehead atoms. The van der Waals surface area contributed by atoms with Gasteiger partial charge in [0.25, 0.3) is 0 Å². The zero-order valence-corrected chi connectivity index (χ0v) is 11.4. The number of rotatable bonds is 4. The molecule has 5 nitrogen and oxygen atoms in total. The standard InChI is InChI=1S/C13H25N3O2/c1-10(2)15-13(17)12-9-18-7-6-16(12)8-11-4-3-5-14-11/h10-12,14H,3-9H2,1-2H3,(H,15,17)/t11-,12?/m1/s1. The van der Waals surface area contributed by atoms with Crippen molar-refractivity contribution < 1.29 is 9.53 Å². The molecule has 0 aliphatic carbocycles. The zero-order valence-electron chi connectivity index (χ0n) is 11.4. The molecule has 0 aromatic carbocycles. The van der Waals surface area contributed by atoms with E-state index in [4.69, 9.17) is 4.74 Å². The largest absolute Gasteiger partial charge is 0.378 e. The molecule has 104 valence electrons. The minimum atomic E-state index is -0.122. The van der Waals surface area contributed by atoms with E-state index < -0.39 is 0 Å². The van der Waals surface area contributed by atoms with Crippen LogP contribution in [0.5, 0.6) is 0 Å². The predicted octanol–water partition coefficient (Wildman–Crippen LogP) is -0.0362. The van der Waals surface area contributed by atoms with Gasteiger partial charge in [-0.15, -0.1) is 0 Å². The van der Waals surface area contributed by atoms with E-state index in [0.717, 1.165) is 26.2 Å². The molecule has 0 aromatic heterocycles. The van der Waals surface area contributed by atoms with Crippen molar-refractivity contribution in [2.45, 2.75) is 44.8 Å². The number of nitrogens with zero attached hydrogens (tertiary/aromatic N) is 1. The van der Waals surface area contributed by atoms with Gasteiger partial charge in [-0.3, -0.25) is 9.69 Å². The molecule has 2 saturated heterocycles. The Kier molecular flexibility index (Phi) is 4.97. The molecule has 0 saturated carbocycles. The highest BCUT2D eigenvalue weighted by atomic mass is 16.5. The van der Waals surface area contributed by atoms with Gasteiger partial charge < -0.3 is 15.4 Å². The van der Waals surface area contributed by atoms with Crippen LogP contribution >= 0.6 is 0 Å². The third kappa shape index (κ3) is 3.67. The molecular formula is C13H25N3O2. The smallest absolute Gasteiger partial charge is 0.239 e. The highest BCUT2D eigenvalue weighted by Gasteiger charge is 2.31. The van der Waals surface area contributed by atoms with E-state index in [1.165, 1.54) is 12.8 Å². The maximum atomic E-state index is 12.1. The van der Waals surface area contributed by atoms with Gasteiger partial charge >= 0.3 is 0 Å². The molecule has 2 rings (SSSR count). The van der Waals surface area contributed by atoms with Gasteiger partial charge in [0.15, 0.2) is 0 Å². The Morgan fingerprint density at radius 1 is 1.56 bits per heavy atom. The second kappa shape index (κ2) is 6.50. The summed E-state index contributed by atoms with van der Waals surface area (Å²) in [7, 11) is 0. The first-order chi connectivity index (χ1) is 8.66.